The van der Waals surface area contributed by atoms with Gasteiger partial charge in [0, 0.05) is 12.6 Å². The van der Waals surface area contributed by atoms with Crippen molar-refractivity contribution in [2.45, 2.75) is 52.0 Å². The maximum absolute atomic E-state index is 13.5. The highest BCUT2D eigenvalue weighted by molar-refractivity contribution is 7.92. The van der Waals surface area contributed by atoms with Crippen molar-refractivity contribution in [2.24, 2.45) is 0 Å². The summed E-state index contributed by atoms with van der Waals surface area (Å²) in [6.45, 7) is 4.42. The second kappa shape index (κ2) is 12.0. The molecule has 0 saturated carbocycles. The lowest BCUT2D eigenvalue weighted by molar-refractivity contribution is -0.140. The Labute approximate surface area is 214 Å². The largest absolute Gasteiger partial charge is 0.417 e. The van der Waals surface area contributed by atoms with Crippen LogP contribution in [0.15, 0.2) is 48.5 Å². The number of carbonyl (C=O) groups is 2. The maximum Gasteiger partial charge on any atom is 0.417 e. The van der Waals surface area contributed by atoms with E-state index in [0.29, 0.717) is 15.9 Å². The van der Waals surface area contributed by atoms with Crippen molar-refractivity contribution >= 4 is 39.1 Å². The Kier molecular flexibility index (Phi) is 9.78. The number of benzene rings is 2. The molecule has 198 valence electrons. The Morgan fingerprint density at radius 1 is 1.08 bits per heavy atom. The molecule has 0 unspecified atom stereocenters. The Bertz CT molecular complexity index is 1170. The molecule has 0 aliphatic rings. The van der Waals surface area contributed by atoms with Crippen molar-refractivity contribution in [3.8, 4) is 0 Å². The number of amides is 2. The molecule has 2 rings (SSSR count). The number of rotatable bonds is 10. The molecule has 2 aromatic carbocycles. The summed E-state index contributed by atoms with van der Waals surface area (Å²) in [5.41, 5.74) is -0.910. The molecule has 0 aromatic heterocycles. The van der Waals surface area contributed by atoms with Crippen molar-refractivity contribution in [3.63, 3.8) is 0 Å². The molecule has 0 heterocycles. The molecule has 2 amide bonds. The number of sulfonamides is 1. The van der Waals surface area contributed by atoms with E-state index < -0.39 is 51.2 Å². The molecule has 1 atom stereocenters. The third kappa shape index (κ3) is 7.86. The van der Waals surface area contributed by atoms with Crippen LogP contribution in [0.2, 0.25) is 5.02 Å². The van der Waals surface area contributed by atoms with E-state index in [1.807, 2.05) is 0 Å². The fourth-order valence-corrected chi connectivity index (χ4v) is 4.65. The van der Waals surface area contributed by atoms with Crippen LogP contribution in [0, 0.1) is 0 Å². The minimum absolute atomic E-state index is 0.00425. The summed E-state index contributed by atoms with van der Waals surface area (Å²) in [7, 11) is -4.19. The predicted octanol–water partition coefficient (Wildman–Crippen LogP) is 4.46. The van der Waals surface area contributed by atoms with Gasteiger partial charge < -0.3 is 10.2 Å². The van der Waals surface area contributed by atoms with Gasteiger partial charge >= 0.3 is 6.18 Å². The highest BCUT2D eigenvalue weighted by Crippen LogP contribution is 2.37. The molecule has 1 N–H and O–H groups in total. The minimum atomic E-state index is -4.83. The fraction of sp³-hybridized carbons (Fsp3) is 0.417. The van der Waals surface area contributed by atoms with E-state index >= 15 is 0 Å². The number of halogens is 4. The zero-order valence-corrected chi connectivity index (χ0v) is 21.9. The van der Waals surface area contributed by atoms with Crippen LogP contribution >= 0.6 is 11.6 Å². The molecule has 0 aliphatic heterocycles. The van der Waals surface area contributed by atoms with Crippen LogP contribution < -0.4 is 9.62 Å². The van der Waals surface area contributed by atoms with Crippen LogP contribution in [0.1, 0.15) is 38.3 Å². The Morgan fingerprint density at radius 2 is 1.69 bits per heavy atom. The van der Waals surface area contributed by atoms with E-state index in [1.54, 1.807) is 51.1 Å². The standard InChI is InChI=1S/C24H29ClF3N3O4S/c1-5-21(23(33)29-16(2)3)30(14-17-9-7-6-8-10-17)22(32)15-31(36(4,34)35)18-11-12-20(25)19(13-18)24(26,27)28/h6-13,16,21H,5,14-15H2,1-4H3,(H,29,33)/t21-/m1/s1. The SMILES string of the molecule is CC[C@H](C(=O)NC(C)C)N(Cc1ccccc1)C(=O)CN(c1ccc(Cl)c(C(F)(F)F)c1)S(C)(=O)=O. The summed E-state index contributed by atoms with van der Waals surface area (Å²) in [4.78, 5) is 27.6. The monoisotopic (exact) mass is 547 g/mol. The molecular weight excluding hydrogens is 519 g/mol. The van der Waals surface area contributed by atoms with E-state index in [2.05, 4.69) is 5.32 Å². The van der Waals surface area contributed by atoms with Gasteiger partial charge in [0.05, 0.1) is 22.5 Å². The van der Waals surface area contributed by atoms with Crippen LogP contribution in [0.25, 0.3) is 0 Å². The third-order valence-corrected chi connectivity index (χ3v) is 6.71. The number of anilines is 1. The third-order valence-electron chi connectivity index (χ3n) is 5.24. The van der Waals surface area contributed by atoms with Gasteiger partial charge in [0.2, 0.25) is 21.8 Å². The summed E-state index contributed by atoms with van der Waals surface area (Å²) in [6, 6.07) is 10.2. The van der Waals surface area contributed by atoms with E-state index in [-0.39, 0.29) is 24.7 Å². The van der Waals surface area contributed by atoms with Gasteiger partial charge in [-0.2, -0.15) is 13.2 Å². The normalized spacial score (nSPS) is 12.8. The highest BCUT2D eigenvalue weighted by atomic mass is 35.5. The molecule has 0 spiro atoms. The summed E-state index contributed by atoms with van der Waals surface area (Å²) < 4.78 is 65.9. The van der Waals surface area contributed by atoms with Gasteiger partial charge in [-0.05, 0) is 44.0 Å². The first kappa shape index (κ1) is 29.4. The molecule has 0 saturated heterocycles. The molecule has 36 heavy (non-hydrogen) atoms. The van der Waals surface area contributed by atoms with Crippen LogP contribution in [-0.2, 0) is 32.3 Å². The van der Waals surface area contributed by atoms with Gasteiger partial charge in [-0.15, -0.1) is 0 Å². The number of nitrogens with zero attached hydrogens (tertiary/aromatic N) is 2. The van der Waals surface area contributed by atoms with Crippen molar-refractivity contribution in [2.75, 3.05) is 17.1 Å². The van der Waals surface area contributed by atoms with Gasteiger partial charge in [0.25, 0.3) is 0 Å². The number of alkyl halides is 3. The van der Waals surface area contributed by atoms with Gasteiger partial charge in [-0.25, -0.2) is 8.42 Å². The molecule has 0 aliphatic carbocycles. The predicted molar refractivity (Wildman–Crippen MR) is 133 cm³/mol. The Morgan fingerprint density at radius 3 is 2.19 bits per heavy atom. The Balaban J connectivity index is 2.50. The number of hydrogen-bond donors (Lipinski definition) is 1. The topological polar surface area (TPSA) is 86.8 Å². The van der Waals surface area contributed by atoms with Gasteiger partial charge in [0.15, 0.2) is 0 Å². The van der Waals surface area contributed by atoms with Crippen molar-refractivity contribution in [1.82, 2.24) is 10.2 Å². The van der Waals surface area contributed by atoms with Gasteiger partial charge in [-0.3, -0.25) is 13.9 Å². The number of hydrogen-bond acceptors (Lipinski definition) is 4. The van der Waals surface area contributed by atoms with Crippen LogP contribution in [0.4, 0.5) is 18.9 Å². The quantitative estimate of drug-likeness (QED) is 0.476. The molecule has 7 nitrogen and oxygen atoms in total. The van der Waals surface area contributed by atoms with E-state index in [0.717, 1.165) is 18.4 Å². The van der Waals surface area contributed by atoms with E-state index in [4.69, 9.17) is 11.6 Å². The first-order valence-electron chi connectivity index (χ1n) is 11.1. The first-order valence-corrected chi connectivity index (χ1v) is 13.4. The lowest BCUT2D eigenvalue weighted by Gasteiger charge is -2.33. The second-order valence-electron chi connectivity index (χ2n) is 8.53. The van der Waals surface area contributed by atoms with Crippen molar-refractivity contribution in [1.29, 1.82) is 0 Å². The Hall–Kier alpha value is -2.79. The molecule has 0 fully saturated rings. The van der Waals surface area contributed by atoms with Gasteiger partial charge in [-0.1, -0.05) is 48.9 Å². The second-order valence-corrected chi connectivity index (χ2v) is 10.8. The fourth-order valence-electron chi connectivity index (χ4n) is 3.58. The molecule has 12 heteroatoms. The smallest absolute Gasteiger partial charge is 0.352 e. The molecule has 2 aromatic rings. The lowest BCUT2D eigenvalue weighted by Crippen LogP contribution is -2.53. The maximum atomic E-state index is 13.5. The van der Waals surface area contributed by atoms with Gasteiger partial charge in [0.1, 0.15) is 12.6 Å². The highest BCUT2D eigenvalue weighted by Gasteiger charge is 2.36. The molecular formula is C24H29ClF3N3O4S. The summed E-state index contributed by atoms with van der Waals surface area (Å²) in [6.07, 6.45) is -3.82. The zero-order valence-electron chi connectivity index (χ0n) is 20.3. The van der Waals surface area contributed by atoms with E-state index in [1.165, 1.54) is 4.90 Å². The average Bonchev–Trinajstić information content (AvgIpc) is 2.76. The molecule has 0 bridgehead atoms. The van der Waals surface area contributed by atoms with E-state index in [9.17, 15) is 31.2 Å². The number of carbonyl (C=O) groups excluding carboxylic acids is 2. The molecule has 0 radical (unpaired) electrons. The lowest BCUT2D eigenvalue weighted by atomic mass is 10.1. The average molecular weight is 548 g/mol. The first-order chi connectivity index (χ1) is 16.6. The zero-order chi connectivity index (χ0) is 27.3. The minimum Gasteiger partial charge on any atom is -0.352 e. The van der Waals surface area contributed by atoms with Crippen molar-refractivity contribution < 1.29 is 31.2 Å². The van der Waals surface area contributed by atoms with Crippen molar-refractivity contribution in [3.05, 3.63) is 64.7 Å². The summed E-state index contributed by atoms with van der Waals surface area (Å²) in [5, 5.41) is 2.15. The van der Waals surface area contributed by atoms with Crippen LogP contribution in [0.5, 0.6) is 0 Å². The van der Waals surface area contributed by atoms with Crippen LogP contribution in [0.3, 0.4) is 0 Å². The van der Waals surface area contributed by atoms with Crippen LogP contribution in [-0.4, -0.2) is 50.0 Å². The number of nitrogens with one attached hydrogen (secondary N) is 1. The summed E-state index contributed by atoms with van der Waals surface area (Å²) >= 11 is 5.68. The summed E-state index contributed by atoms with van der Waals surface area (Å²) in [5.74, 6) is -1.17.